The second-order valence-electron chi connectivity index (χ2n) is 5.61. The van der Waals surface area contributed by atoms with E-state index in [1.807, 2.05) is 0 Å². The van der Waals surface area contributed by atoms with Gasteiger partial charge in [0.1, 0.15) is 5.60 Å². The van der Waals surface area contributed by atoms with E-state index in [0.29, 0.717) is 30.6 Å². The van der Waals surface area contributed by atoms with Crippen molar-refractivity contribution in [2.45, 2.75) is 31.3 Å². The first-order valence-electron chi connectivity index (χ1n) is 7.38. The Labute approximate surface area is 129 Å². The van der Waals surface area contributed by atoms with E-state index in [2.05, 4.69) is 5.32 Å². The standard InChI is InChI=1S/C16H21NO5/c18-14(19)7-6-12-4-1-2-5-13(12)15(20)17-10-16(21)8-3-9-22-11-16/h1-2,4-5,21H,3,6-11H2,(H,17,20)(H,18,19). The molecule has 1 heterocycles. The number of aliphatic hydroxyl groups is 1. The zero-order chi connectivity index (χ0) is 16.0. The van der Waals surface area contributed by atoms with E-state index in [1.165, 1.54) is 0 Å². The molecule has 6 heteroatoms. The minimum absolute atomic E-state index is 0.0257. The number of aryl methyl sites for hydroxylation is 1. The number of carboxylic acids is 1. The fourth-order valence-electron chi connectivity index (χ4n) is 2.52. The van der Waals surface area contributed by atoms with Gasteiger partial charge in [-0.1, -0.05) is 18.2 Å². The van der Waals surface area contributed by atoms with Crippen molar-refractivity contribution in [3.63, 3.8) is 0 Å². The van der Waals surface area contributed by atoms with E-state index in [4.69, 9.17) is 9.84 Å². The van der Waals surface area contributed by atoms with E-state index < -0.39 is 11.6 Å². The third-order valence-corrected chi connectivity index (χ3v) is 3.75. The first kappa shape index (κ1) is 16.5. The van der Waals surface area contributed by atoms with Crippen molar-refractivity contribution in [3.8, 4) is 0 Å². The number of rotatable bonds is 6. The minimum Gasteiger partial charge on any atom is -0.481 e. The maximum atomic E-state index is 12.3. The largest absolute Gasteiger partial charge is 0.481 e. The van der Waals surface area contributed by atoms with Gasteiger partial charge in [-0.25, -0.2) is 0 Å². The van der Waals surface area contributed by atoms with Crippen LogP contribution in [0.3, 0.4) is 0 Å². The summed E-state index contributed by atoms with van der Waals surface area (Å²) < 4.78 is 5.25. The predicted octanol–water partition coefficient (Wildman–Crippen LogP) is 0.975. The maximum absolute atomic E-state index is 12.3. The molecule has 0 saturated carbocycles. The van der Waals surface area contributed by atoms with Crippen LogP contribution in [0, 0.1) is 0 Å². The van der Waals surface area contributed by atoms with Crippen molar-refractivity contribution >= 4 is 11.9 Å². The van der Waals surface area contributed by atoms with E-state index in [9.17, 15) is 14.7 Å². The second-order valence-corrected chi connectivity index (χ2v) is 5.61. The summed E-state index contributed by atoms with van der Waals surface area (Å²) in [5.41, 5.74) is 0.113. The van der Waals surface area contributed by atoms with Crippen molar-refractivity contribution in [2.24, 2.45) is 0 Å². The smallest absolute Gasteiger partial charge is 0.303 e. The zero-order valence-corrected chi connectivity index (χ0v) is 12.4. The van der Waals surface area contributed by atoms with Gasteiger partial charge in [0.2, 0.25) is 0 Å². The molecule has 1 aromatic rings. The van der Waals surface area contributed by atoms with Gasteiger partial charge in [-0.3, -0.25) is 9.59 Å². The molecule has 1 fully saturated rings. The molecule has 3 N–H and O–H groups in total. The molecule has 0 aliphatic carbocycles. The number of carbonyl (C=O) groups excluding carboxylic acids is 1. The molecule has 1 aliphatic rings. The van der Waals surface area contributed by atoms with Crippen molar-refractivity contribution in [2.75, 3.05) is 19.8 Å². The van der Waals surface area contributed by atoms with E-state index in [0.717, 1.165) is 6.42 Å². The highest BCUT2D eigenvalue weighted by Gasteiger charge is 2.30. The number of aliphatic carboxylic acids is 1. The van der Waals surface area contributed by atoms with Crippen LogP contribution >= 0.6 is 0 Å². The first-order chi connectivity index (χ1) is 10.5. The molecule has 6 nitrogen and oxygen atoms in total. The Morgan fingerprint density at radius 2 is 2.09 bits per heavy atom. The average Bonchev–Trinajstić information content (AvgIpc) is 2.52. The Balaban J connectivity index is 1.98. The van der Waals surface area contributed by atoms with Crippen molar-refractivity contribution in [1.82, 2.24) is 5.32 Å². The summed E-state index contributed by atoms with van der Waals surface area (Å²) in [5.74, 6) is -1.20. The highest BCUT2D eigenvalue weighted by molar-refractivity contribution is 5.95. The Morgan fingerprint density at radius 3 is 2.77 bits per heavy atom. The lowest BCUT2D eigenvalue weighted by Gasteiger charge is -2.32. The number of hydrogen-bond acceptors (Lipinski definition) is 4. The van der Waals surface area contributed by atoms with Crippen molar-refractivity contribution < 1.29 is 24.5 Å². The lowest BCUT2D eigenvalue weighted by molar-refractivity contribution is -0.136. The molecule has 1 aliphatic heterocycles. The van der Waals surface area contributed by atoms with Gasteiger partial charge in [-0.15, -0.1) is 0 Å². The molecular weight excluding hydrogens is 286 g/mol. The Kier molecular flexibility index (Phi) is 5.51. The topological polar surface area (TPSA) is 95.9 Å². The molecular formula is C16H21NO5. The summed E-state index contributed by atoms with van der Waals surface area (Å²) in [5, 5.41) is 21.8. The van der Waals surface area contributed by atoms with Gasteiger partial charge in [0.15, 0.2) is 0 Å². The van der Waals surface area contributed by atoms with E-state index >= 15 is 0 Å². The fourth-order valence-corrected chi connectivity index (χ4v) is 2.52. The maximum Gasteiger partial charge on any atom is 0.303 e. The number of carboxylic acid groups (broad SMARTS) is 1. The third kappa shape index (κ3) is 4.54. The quantitative estimate of drug-likeness (QED) is 0.728. The fraction of sp³-hybridized carbons (Fsp3) is 0.500. The third-order valence-electron chi connectivity index (χ3n) is 3.75. The van der Waals surface area contributed by atoms with Crippen LogP contribution in [0.2, 0.25) is 0 Å². The number of amides is 1. The summed E-state index contributed by atoms with van der Waals surface area (Å²) in [4.78, 5) is 23.0. The van der Waals surface area contributed by atoms with Gasteiger partial charge < -0.3 is 20.3 Å². The lowest BCUT2D eigenvalue weighted by Crippen LogP contribution is -2.48. The number of ether oxygens (including phenoxy) is 1. The summed E-state index contributed by atoms with van der Waals surface area (Å²) in [6.45, 7) is 0.974. The van der Waals surface area contributed by atoms with Gasteiger partial charge >= 0.3 is 5.97 Å². The molecule has 1 atom stereocenters. The highest BCUT2D eigenvalue weighted by atomic mass is 16.5. The van der Waals surface area contributed by atoms with Crippen molar-refractivity contribution in [1.29, 1.82) is 0 Å². The van der Waals surface area contributed by atoms with Gasteiger partial charge in [0, 0.05) is 25.1 Å². The van der Waals surface area contributed by atoms with Gasteiger partial charge in [-0.05, 0) is 30.9 Å². The molecule has 0 radical (unpaired) electrons. The summed E-state index contributed by atoms with van der Waals surface area (Å²) >= 11 is 0. The van der Waals surface area contributed by atoms with Crippen molar-refractivity contribution in [3.05, 3.63) is 35.4 Å². The Bertz CT molecular complexity index is 537. The SMILES string of the molecule is O=C(O)CCc1ccccc1C(=O)NCC1(O)CCCOC1. The number of carbonyl (C=O) groups is 2. The van der Waals surface area contributed by atoms with Crippen LogP contribution < -0.4 is 5.32 Å². The molecule has 1 saturated heterocycles. The average molecular weight is 307 g/mol. The monoisotopic (exact) mass is 307 g/mol. The Hall–Kier alpha value is -1.92. The van der Waals surface area contributed by atoms with Crippen LogP contribution in [0.5, 0.6) is 0 Å². The first-order valence-corrected chi connectivity index (χ1v) is 7.38. The molecule has 0 spiro atoms. The zero-order valence-electron chi connectivity index (χ0n) is 12.4. The molecule has 1 aromatic carbocycles. The molecule has 1 amide bonds. The molecule has 2 rings (SSSR count). The molecule has 0 aromatic heterocycles. The minimum atomic E-state index is -1.02. The summed E-state index contributed by atoms with van der Waals surface area (Å²) in [7, 11) is 0. The molecule has 1 unspecified atom stereocenters. The van der Waals surface area contributed by atoms with Crippen LogP contribution in [0.25, 0.3) is 0 Å². The highest BCUT2D eigenvalue weighted by Crippen LogP contribution is 2.18. The normalized spacial score (nSPS) is 21.3. The van der Waals surface area contributed by atoms with Gasteiger partial charge in [0.05, 0.1) is 6.61 Å². The van der Waals surface area contributed by atoms with Gasteiger partial charge in [0.25, 0.3) is 5.91 Å². The molecule has 120 valence electrons. The summed E-state index contributed by atoms with van der Waals surface area (Å²) in [6.07, 6.45) is 1.63. The predicted molar refractivity (Wildman–Crippen MR) is 79.7 cm³/mol. The summed E-state index contributed by atoms with van der Waals surface area (Å²) in [6, 6.07) is 6.91. The number of nitrogens with one attached hydrogen (secondary N) is 1. The van der Waals surface area contributed by atoms with Crippen LogP contribution in [0.1, 0.15) is 35.2 Å². The number of benzene rings is 1. The lowest BCUT2D eigenvalue weighted by atomic mass is 9.96. The molecule has 0 bridgehead atoms. The second kappa shape index (κ2) is 7.38. The van der Waals surface area contributed by atoms with E-state index in [1.54, 1.807) is 24.3 Å². The van der Waals surface area contributed by atoms with Crippen LogP contribution in [-0.2, 0) is 16.0 Å². The molecule has 22 heavy (non-hydrogen) atoms. The van der Waals surface area contributed by atoms with Gasteiger partial charge in [-0.2, -0.15) is 0 Å². The van der Waals surface area contributed by atoms with Crippen LogP contribution in [0.4, 0.5) is 0 Å². The Morgan fingerprint density at radius 1 is 1.32 bits per heavy atom. The van der Waals surface area contributed by atoms with Crippen LogP contribution in [0.15, 0.2) is 24.3 Å². The number of hydrogen-bond donors (Lipinski definition) is 3. The van der Waals surface area contributed by atoms with E-state index in [-0.39, 0.29) is 25.5 Å². The van der Waals surface area contributed by atoms with Crippen LogP contribution in [-0.4, -0.2) is 47.4 Å².